The summed E-state index contributed by atoms with van der Waals surface area (Å²) in [5, 5.41) is 3.27. The Labute approximate surface area is 93.0 Å². The number of halogens is 1. The molecule has 14 heavy (non-hydrogen) atoms. The summed E-state index contributed by atoms with van der Waals surface area (Å²) in [5.74, 6) is 0. The van der Waals surface area contributed by atoms with E-state index in [4.69, 9.17) is 4.74 Å². The molecule has 0 aliphatic rings. The monoisotopic (exact) mass is 258 g/mol. The van der Waals surface area contributed by atoms with Gasteiger partial charge in [-0.2, -0.15) is 0 Å². The van der Waals surface area contributed by atoms with Gasteiger partial charge in [-0.25, -0.2) is 0 Å². The number of methoxy groups -OCH3 is 1. The lowest BCUT2D eigenvalue weighted by molar-refractivity contribution is 0.199. The topological polar surface area (TPSA) is 34.1 Å². The van der Waals surface area contributed by atoms with Crippen LogP contribution < -0.4 is 5.32 Å². The number of rotatable bonds is 6. The fourth-order valence-corrected chi connectivity index (χ4v) is 1.30. The molecular weight excluding hydrogens is 244 g/mol. The second-order valence-corrected chi connectivity index (χ2v) is 3.88. The molecule has 0 amide bonds. The highest BCUT2D eigenvalue weighted by atomic mass is 79.9. The van der Waals surface area contributed by atoms with Gasteiger partial charge in [0.1, 0.15) is 0 Å². The van der Waals surface area contributed by atoms with Crippen molar-refractivity contribution in [3.05, 3.63) is 28.5 Å². The summed E-state index contributed by atoms with van der Waals surface area (Å²) in [5.41, 5.74) is 1.11. The van der Waals surface area contributed by atoms with Gasteiger partial charge in [0.2, 0.25) is 0 Å². The summed E-state index contributed by atoms with van der Waals surface area (Å²) in [6, 6.07) is 4.04. The van der Waals surface area contributed by atoms with Crippen LogP contribution in [0.2, 0.25) is 0 Å². The van der Waals surface area contributed by atoms with Gasteiger partial charge in [0.15, 0.2) is 0 Å². The largest absolute Gasteiger partial charge is 0.383 e. The first-order chi connectivity index (χ1) is 6.83. The van der Waals surface area contributed by atoms with Crippen molar-refractivity contribution >= 4 is 15.9 Å². The van der Waals surface area contributed by atoms with Crippen LogP contribution in [0.5, 0.6) is 0 Å². The Morgan fingerprint density at radius 3 is 2.93 bits per heavy atom. The Balaban J connectivity index is 2.15. The Morgan fingerprint density at radius 1 is 1.43 bits per heavy atom. The molecule has 0 aliphatic carbocycles. The van der Waals surface area contributed by atoms with E-state index in [1.165, 1.54) is 0 Å². The molecule has 0 saturated carbocycles. The normalized spacial score (nSPS) is 10.4. The van der Waals surface area contributed by atoms with E-state index in [9.17, 15) is 0 Å². The molecule has 1 N–H and O–H groups in total. The van der Waals surface area contributed by atoms with Crippen LogP contribution in [-0.4, -0.2) is 31.8 Å². The zero-order valence-corrected chi connectivity index (χ0v) is 9.88. The molecule has 0 fully saturated rings. The Hall–Kier alpha value is -0.450. The van der Waals surface area contributed by atoms with Gasteiger partial charge in [0.05, 0.1) is 6.61 Å². The van der Waals surface area contributed by atoms with Crippen LogP contribution in [0, 0.1) is 0 Å². The first-order valence-corrected chi connectivity index (χ1v) is 5.42. The van der Waals surface area contributed by atoms with E-state index < -0.39 is 0 Å². The molecular formula is C10H15BrN2O. The van der Waals surface area contributed by atoms with Crippen LogP contribution in [0.1, 0.15) is 5.69 Å². The van der Waals surface area contributed by atoms with Crippen LogP contribution >= 0.6 is 15.9 Å². The second-order valence-electron chi connectivity index (χ2n) is 2.96. The average molecular weight is 259 g/mol. The number of hydrogen-bond acceptors (Lipinski definition) is 3. The molecule has 1 heterocycles. The molecule has 0 unspecified atom stereocenters. The molecule has 78 valence electrons. The van der Waals surface area contributed by atoms with Gasteiger partial charge in [-0.1, -0.05) is 0 Å². The molecule has 0 atom stereocenters. The fourth-order valence-electron chi connectivity index (χ4n) is 1.07. The zero-order valence-electron chi connectivity index (χ0n) is 8.29. The van der Waals surface area contributed by atoms with Crippen molar-refractivity contribution in [3.63, 3.8) is 0 Å². The summed E-state index contributed by atoms with van der Waals surface area (Å²) in [4.78, 5) is 4.28. The molecule has 3 nitrogen and oxygen atoms in total. The highest BCUT2D eigenvalue weighted by molar-refractivity contribution is 9.10. The molecule has 1 aromatic rings. The van der Waals surface area contributed by atoms with Crippen molar-refractivity contribution in [3.8, 4) is 0 Å². The number of ether oxygens (including phenoxy) is 1. The Bertz CT molecular complexity index is 251. The summed E-state index contributed by atoms with van der Waals surface area (Å²) in [7, 11) is 1.71. The standard InChI is InChI=1S/C10H15BrN2O/c1-14-7-6-12-5-4-10-3-2-9(11)8-13-10/h2-3,8,12H,4-7H2,1H3. The lowest BCUT2D eigenvalue weighted by Gasteiger charge is -2.03. The maximum Gasteiger partial charge on any atom is 0.0587 e. The van der Waals surface area contributed by atoms with Gasteiger partial charge in [0, 0.05) is 43.0 Å². The minimum Gasteiger partial charge on any atom is -0.383 e. The first kappa shape index (κ1) is 11.6. The van der Waals surface area contributed by atoms with E-state index in [1.807, 2.05) is 18.3 Å². The lowest BCUT2D eigenvalue weighted by atomic mass is 10.3. The number of aromatic nitrogens is 1. The second kappa shape index (κ2) is 6.92. The summed E-state index contributed by atoms with van der Waals surface area (Å²) in [6.07, 6.45) is 2.78. The molecule has 0 aliphatic heterocycles. The molecule has 1 rings (SSSR count). The van der Waals surface area contributed by atoms with Gasteiger partial charge in [-0.15, -0.1) is 0 Å². The van der Waals surface area contributed by atoms with E-state index in [0.29, 0.717) is 0 Å². The minimum atomic E-state index is 0.758. The van der Waals surface area contributed by atoms with E-state index >= 15 is 0 Å². The summed E-state index contributed by atoms with van der Waals surface area (Å²) >= 11 is 3.35. The molecule has 0 bridgehead atoms. The van der Waals surface area contributed by atoms with E-state index in [0.717, 1.165) is 36.3 Å². The van der Waals surface area contributed by atoms with Crippen molar-refractivity contribution in [1.82, 2.24) is 10.3 Å². The summed E-state index contributed by atoms with van der Waals surface area (Å²) < 4.78 is 5.95. The van der Waals surface area contributed by atoms with Gasteiger partial charge in [-0.3, -0.25) is 4.98 Å². The number of hydrogen-bond donors (Lipinski definition) is 1. The SMILES string of the molecule is COCCNCCc1ccc(Br)cn1. The van der Waals surface area contributed by atoms with Gasteiger partial charge in [0.25, 0.3) is 0 Å². The lowest BCUT2D eigenvalue weighted by Crippen LogP contribution is -2.21. The highest BCUT2D eigenvalue weighted by Crippen LogP contribution is 2.07. The van der Waals surface area contributed by atoms with E-state index in [-0.39, 0.29) is 0 Å². The molecule has 1 aromatic heterocycles. The molecule has 0 spiro atoms. The average Bonchev–Trinajstić information content (AvgIpc) is 2.21. The van der Waals surface area contributed by atoms with Crippen LogP contribution in [0.3, 0.4) is 0 Å². The Morgan fingerprint density at radius 2 is 2.29 bits per heavy atom. The fraction of sp³-hybridized carbons (Fsp3) is 0.500. The van der Waals surface area contributed by atoms with Crippen LogP contribution in [-0.2, 0) is 11.2 Å². The maximum absolute atomic E-state index is 4.93. The highest BCUT2D eigenvalue weighted by Gasteiger charge is 1.94. The number of nitrogens with one attached hydrogen (secondary N) is 1. The maximum atomic E-state index is 4.93. The molecule has 0 aromatic carbocycles. The minimum absolute atomic E-state index is 0.758. The van der Waals surface area contributed by atoms with Crippen LogP contribution in [0.4, 0.5) is 0 Å². The predicted octanol–water partition coefficient (Wildman–Crippen LogP) is 1.62. The van der Waals surface area contributed by atoms with Crippen LogP contribution in [0.15, 0.2) is 22.8 Å². The third-order valence-electron chi connectivity index (χ3n) is 1.83. The van der Waals surface area contributed by atoms with Crippen molar-refractivity contribution in [2.45, 2.75) is 6.42 Å². The first-order valence-electron chi connectivity index (χ1n) is 4.63. The third kappa shape index (κ3) is 4.69. The van der Waals surface area contributed by atoms with Crippen LogP contribution in [0.25, 0.3) is 0 Å². The Kier molecular flexibility index (Phi) is 5.75. The zero-order chi connectivity index (χ0) is 10.2. The van der Waals surface area contributed by atoms with Gasteiger partial charge in [-0.05, 0) is 28.1 Å². The molecule has 0 saturated heterocycles. The third-order valence-corrected chi connectivity index (χ3v) is 2.30. The van der Waals surface area contributed by atoms with E-state index in [2.05, 4.69) is 26.2 Å². The summed E-state index contributed by atoms with van der Waals surface area (Å²) in [6.45, 7) is 2.60. The van der Waals surface area contributed by atoms with Crippen molar-refractivity contribution < 1.29 is 4.74 Å². The smallest absolute Gasteiger partial charge is 0.0587 e. The van der Waals surface area contributed by atoms with Gasteiger partial charge < -0.3 is 10.1 Å². The molecule has 4 heteroatoms. The van der Waals surface area contributed by atoms with Crippen molar-refractivity contribution in [2.75, 3.05) is 26.8 Å². The van der Waals surface area contributed by atoms with Gasteiger partial charge >= 0.3 is 0 Å². The van der Waals surface area contributed by atoms with Crippen molar-refractivity contribution in [1.29, 1.82) is 0 Å². The number of pyridine rings is 1. The molecule has 0 radical (unpaired) electrons. The quantitative estimate of drug-likeness (QED) is 0.788. The predicted molar refractivity (Wildman–Crippen MR) is 60.4 cm³/mol. The van der Waals surface area contributed by atoms with E-state index in [1.54, 1.807) is 7.11 Å². The van der Waals surface area contributed by atoms with Crippen molar-refractivity contribution in [2.24, 2.45) is 0 Å². The number of nitrogens with zero attached hydrogens (tertiary/aromatic N) is 1.